The number of aliphatic hydroxyl groups is 1. The number of fused-ring (bicyclic) bond motifs is 4. The van der Waals surface area contributed by atoms with E-state index in [-0.39, 0.29) is 5.91 Å². The average Bonchev–Trinajstić information content (AvgIpc) is 3.45. The lowest BCUT2D eigenvalue weighted by Crippen LogP contribution is -2.46. The summed E-state index contributed by atoms with van der Waals surface area (Å²) < 4.78 is 5.73. The maximum absolute atomic E-state index is 13.1. The largest absolute Gasteiger partial charge is 0.390 e. The van der Waals surface area contributed by atoms with Crippen LogP contribution in [0, 0.1) is 0 Å². The summed E-state index contributed by atoms with van der Waals surface area (Å²) in [6, 6.07) is 15.3. The van der Waals surface area contributed by atoms with Crippen LogP contribution in [0.3, 0.4) is 0 Å². The summed E-state index contributed by atoms with van der Waals surface area (Å²) in [5, 5.41) is 10.8. The molecule has 6 heteroatoms. The van der Waals surface area contributed by atoms with Crippen LogP contribution in [-0.2, 0) is 24.1 Å². The van der Waals surface area contributed by atoms with Gasteiger partial charge < -0.3 is 19.6 Å². The van der Waals surface area contributed by atoms with E-state index in [1.54, 1.807) is 0 Å². The number of carbonyl (C=O) groups is 1. The maximum Gasteiger partial charge on any atom is 0.254 e. The van der Waals surface area contributed by atoms with E-state index in [0.717, 1.165) is 56.6 Å². The molecule has 3 atom stereocenters. The molecule has 2 aromatic rings. The number of amides is 1. The molecular weight excluding hydrogens is 402 g/mol. The number of hydrogen-bond donors (Lipinski definition) is 1. The first-order valence-corrected chi connectivity index (χ1v) is 11.9. The third-order valence-corrected chi connectivity index (χ3v) is 7.60. The topological polar surface area (TPSA) is 56.3 Å². The molecule has 6 nitrogen and oxygen atoms in total. The monoisotopic (exact) mass is 433 g/mol. The molecule has 2 aromatic carbocycles. The summed E-state index contributed by atoms with van der Waals surface area (Å²) in [5.41, 5.74) is 5.90. The second kappa shape index (κ2) is 8.18. The Morgan fingerprint density at radius 3 is 2.69 bits per heavy atom. The number of ether oxygens (including phenoxy) is 1. The Morgan fingerprint density at radius 1 is 1.03 bits per heavy atom. The molecule has 1 N–H and O–H groups in total. The van der Waals surface area contributed by atoms with Crippen LogP contribution in [0.15, 0.2) is 42.5 Å². The molecule has 168 valence electrons. The van der Waals surface area contributed by atoms with E-state index in [2.05, 4.69) is 46.2 Å². The predicted octanol–water partition coefficient (Wildman–Crippen LogP) is 2.08. The van der Waals surface area contributed by atoms with Crippen molar-refractivity contribution in [3.05, 3.63) is 64.7 Å². The SMILES string of the molecule is O=C1c2ccc(N3CC4CC3CO4)cc2CCN1CC(O)CN1CCc2ccccc2C1. The molecule has 0 radical (unpaired) electrons. The highest BCUT2D eigenvalue weighted by Gasteiger charge is 2.39. The van der Waals surface area contributed by atoms with Crippen LogP contribution in [0.2, 0.25) is 0 Å². The minimum absolute atomic E-state index is 0.0483. The van der Waals surface area contributed by atoms with Gasteiger partial charge in [0.05, 0.1) is 24.9 Å². The van der Waals surface area contributed by atoms with Crippen molar-refractivity contribution in [3.63, 3.8) is 0 Å². The first kappa shape index (κ1) is 20.2. The first-order valence-electron chi connectivity index (χ1n) is 11.9. The molecule has 0 aromatic heterocycles. The number of anilines is 1. The minimum atomic E-state index is -0.537. The Morgan fingerprint density at radius 2 is 1.88 bits per heavy atom. The average molecular weight is 434 g/mol. The van der Waals surface area contributed by atoms with Crippen LogP contribution in [0.5, 0.6) is 0 Å². The van der Waals surface area contributed by atoms with Crippen LogP contribution < -0.4 is 4.90 Å². The van der Waals surface area contributed by atoms with Gasteiger partial charge in [0, 0.05) is 50.5 Å². The highest BCUT2D eigenvalue weighted by molar-refractivity contribution is 5.97. The van der Waals surface area contributed by atoms with Crippen LogP contribution in [0.4, 0.5) is 5.69 Å². The zero-order chi connectivity index (χ0) is 21.7. The van der Waals surface area contributed by atoms with E-state index >= 15 is 0 Å². The van der Waals surface area contributed by atoms with Gasteiger partial charge in [-0.2, -0.15) is 0 Å². The third kappa shape index (κ3) is 3.70. The van der Waals surface area contributed by atoms with Crippen molar-refractivity contribution in [1.29, 1.82) is 0 Å². The van der Waals surface area contributed by atoms with Gasteiger partial charge in [-0.15, -0.1) is 0 Å². The second-order valence-electron chi connectivity index (χ2n) is 9.75. The van der Waals surface area contributed by atoms with Gasteiger partial charge in [-0.25, -0.2) is 0 Å². The van der Waals surface area contributed by atoms with Crippen molar-refractivity contribution >= 4 is 11.6 Å². The Balaban J connectivity index is 1.08. The molecule has 6 rings (SSSR count). The summed E-state index contributed by atoms with van der Waals surface area (Å²) in [7, 11) is 0. The highest BCUT2D eigenvalue weighted by Crippen LogP contribution is 2.34. The number of carbonyl (C=O) groups excluding carboxylic acids is 1. The standard InChI is InChI=1S/C26H31N3O3/c30-23(14-27-9-7-18-3-1-2-4-20(18)13-27)15-28-10-8-19-11-21(5-6-25(19)26(28)31)29-16-24-12-22(29)17-32-24/h1-6,11,22-24,30H,7-10,12-17H2. The zero-order valence-electron chi connectivity index (χ0n) is 18.4. The van der Waals surface area contributed by atoms with Crippen molar-refractivity contribution in [2.24, 2.45) is 0 Å². The molecule has 0 saturated carbocycles. The lowest BCUT2D eigenvalue weighted by Gasteiger charge is -2.34. The number of nitrogens with zero attached hydrogens (tertiary/aromatic N) is 3. The Bertz CT molecular complexity index is 1030. The van der Waals surface area contributed by atoms with Gasteiger partial charge in [-0.3, -0.25) is 9.69 Å². The lowest BCUT2D eigenvalue weighted by molar-refractivity contribution is 0.0493. The fourth-order valence-corrected chi connectivity index (χ4v) is 5.91. The van der Waals surface area contributed by atoms with E-state index in [9.17, 15) is 9.90 Å². The Labute approximate surface area is 189 Å². The third-order valence-electron chi connectivity index (χ3n) is 7.60. The number of hydrogen-bond acceptors (Lipinski definition) is 5. The molecule has 4 aliphatic heterocycles. The van der Waals surface area contributed by atoms with Gasteiger partial charge in [0.1, 0.15) is 0 Å². The van der Waals surface area contributed by atoms with Gasteiger partial charge in [0.15, 0.2) is 0 Å². The smallest absolute Gasteiger partial charge is 0.254 e. The summed E-state index contributed by atoms with van der Waals surface area (Å²) in [6.45, 7) is 5.26. The van der Waals surface area contributed by atoms with Crippen LogP contribution >= 0.6 is 0 Å². The van der Waals surface area contributed by atoms with Crippen LogP contribution in [-0.4, -0.2) is 78.4 Å². The number of morpholine rings is 1. The summed E-state index contributed by atoms with van der Waals surface area (Å²) in [5.74, 6) is 0.0483. The predicted molar refractivity (Wildman–Crippen MR) is 123 cm³/mol. The number of β-amino-alcohol motifs (C(OH)–C–C–N with tert-alkyl or cyclic N) is 1. The van der Waals surface area contributed by atoms with Gasteiger partial charge in [-0.05, 0) is 54.2 Å². The fourth-order valence-electron chi connectivity index (χ4n) is 5.91. The van der Waals surface area contributed by atoms with E-state index < -0.39 is 6.10 Å². The fraction of sp³-hybridized carbons (Fsp3) is 0.500. The van der Waals surface area contributed by atoms with E-state index in [0.29, 0.717) is 31.8 Å². The number of benzene rings is 2. The van der Waals surface area contributed by atoms with E-state index in [4.69, 9.17) is 4.74 Å². The number of aliphatic hydroxyl groups excluding tert-OH is 1. The number of rotatable bonds is 5. The molecule has 2 saturated heterocycles. The van der Waals surface area contributed by atoms with Crippen molar-refractivity contribution in [2.75, 3.05) is 44.2 Å². The van der Waals surface area contributed by atoms with Crippen molar-refractivity contribution in [1.82, 2.24) is 9.80 Å². The highest BCUT2D eigenvalue weighted by atomic mass is 16.5. The van der Waals surface area contributed by atoms with Gasteiger partial charge in [0.25, 0.3) is 5.91 Å². The molecule has 32 heavy (non-hydrogen) atoms. The zero-order valence-corrected chi connectivity index (χ0v) is 18.4. The lowest BCUT2D eigenvalue weighted by atomic mass is 9.97. The van der Waals surface area contributed by atoms with Crippen LogP contribution in [0.25, 0.3) is 0 Å². The molecular formula is C26H31N3O3. The first-order chi connectivity index (χ1) is 15.6. The minimum Gasteiger partial charge on any atom is -0.390 e. The summed E-state index contributed by atoms with van der Waals surface area (Å²) >= 11 is 0. The molecule has 2 fully saturated rings. The second-order valence-corrected chi connectivity index (χ2v) is 9.75. The Kier molecular flexibility index (Phi) is 5.17. The van der Waals surface area contributed by atoms with E-state index in [1.807, 2.05) is 11.0 Å². The molecule has 2 bridgehead atoms. The molecule has 4 heterocycles. The van der Waals surface area contributed by atoms with Crippen molar-refractivity contribution < 1.29 is 14.6 Å². The van der Waals surface area contributed by atoms with Gasteiger partial charge in [-0.1, -0.05) is 24.3 Å². The normalized spacial score (nSPS) is 25.7. The van der Waals surface area contributed by atoms with E-state index in [1.165, 1.54) is 16.8 Å². The summed E-state index contributed by atoms with van der Waals surface area (Å²) in [6.07, 6.45) is 2.81. The molecule has 3 unspecified atom stereocenters. The van der Waals surface area contributed by atoms with Crippen LogP contribution in [0.1, 0.15) is 33.5 Å². The van der Waals surface area contributed by atoms with Crippen molar-refractivity contribution in [3.8, 4) is 0 Å². The molecule has 4 aliphatic rings. The van der Waals surface area contributed by atoms with Crippen molar-refractivity contribution in [2.45, 2.75) is 44.1 Å². The quantitative estimate of drug-likeness (QED) is 0.783. The molecule has 1 amide bonds. The molecule has 0 aliphatic carbocycles. The van der Waals surface area contributed by atoms with Gasteiger partial charge >= 0.3 is 0 Å². The molecule has 0 spiro atoms. The Hall–Kier alpha value is -2.41. The maximum atomic E-state index is 13.1. The summed E-state index contributed by atoms with van der Waals surface area (Å²) in [4.78, 5) is 19.7. The van der Waals surface area contributed by atoms with Gasteiger partial charge in [0.2, 0.25) is 0 Å².